The van der Waals surface area contributed by atoms with Crippen LogP contribution in [0.4, 0.5) is 0 Å². The number of ether oxygens (including phenoxy) is 1. The van der Waals surface area contributed by atoms with Crippen LogP contribution in [0.15, 0.2) is 24.3 Å². The standard InChI is InChI=1S/C14H20N2O3/c1-15(2)7-8-19-13-6-4-3-5-12(13)14(18)16-9-11(17)10-16/h3-6,11,17H,7-10H2,1-2H3. The average Bonchev–Trinajstić information content (AvgIpc) is 2.34. The van der Waals surface area contributed by atoms with Crippen molar-refractivity contribution in [3.63, 3.8) is 0 Å². The molecule has 0 unspecified atom stereocenters. The van der Waals surface area contributed by atoms with E-state index in [1.165, 1.54) is 0 Å². The molecule has 1 N–H and O–H groups in total. The first-order valence-electron chi connectivity index (χ1n) is 6.42. The minimum atomic E-state index is -0.384. The lowest BCUT2D eigenvalue weighted by molar-refractivity contribution is 0.00564. The zero-order valence-electron chi connectivity index (χ0n) is 11.4. The highest BCUT2D eigenvalue weighted by Crippen LogP contribution is 2.22. The van der Waals surface area contributed by atoms with Crippen molar-refractivity contribution in [1.29, 1.82) is 0 Å². The number of para-hydroxylation sites is 1. The van der Waals surface area contributed by atoms with Crippen molar-refractivity contribution in [3.05, 3.63) is 29.8 Å². The lowest BCUT2D eigenvalue weighted by Gasteiger charge is -2.36. The Kier molecular flexibility index (Phi) is 4.39. The van der Waals surface area contributed by atoms with E-state index in [2.05, 4.69) is 0 Å². The van der Waals surface area contributed by atoms with Crippen LogP contribution in [0.1, 0.15) is 10.4 Å². The number of β-amino-alcohol motifs (C(OH)–C–C–N with tert-alkyl or cyclic N) is 1. The number of amides is 1. The van der Waals surface area contributed by atoms with Gasteiger partial charge in [0.25, 0.3) is 5.91 Å². The first-order chi connectivity index (χ1) is 9.08. The molecule has 0 aromatic heterocycles. The van der Waals surface area contributed by atoms with Crippen LogP contribution >= 0.6 is 0 Å². The third-order valence-electron chi connectivity index (χ3n) is 3.06. The van der Waals surface area contributed by atoms with Gasteiger partial charge in [0.2, 0.25) is 0 Å². The van der Waals surface area contributed by atoms with Crippen molar-refractivity contribution in [2.24, 2.45) is 0 Å². The van der Waals surface area contributed by atoms with E-state index in [1.807, 2.05) is 31.1 Å². The van der Waals surface area contributed by atoms with Crippen molar-refractivity contribution in [2.75, 3.05) is 40.3 Å². The molecule has 19 heavy (non-hydrogen) atoms. The van der Waals surface area contributed by atoms with E-state index in [9.17, 15) is 9.90 Å². The van der Waals surface area contributed by atoms with E-state index in [0.717, 1.165) is 6.54 Å². The minimum absolute atomic E-state index is 0.0780. The summed E-state index contributed by atoms with van der Waals surface area (Å²) in [5, 5.41) is 9.26. The highest BCUT2D eigenvalue weighted by atomic mass is 16.5. The summed E-state index contributed by atoms with van der Waals surface area (Å²) in [7, 11) is 3.95. The summed E-state index contributed by atoms with van der Waals surface area (Å²) < 4.78 is 5.66. The third-order valence-corrected chi connectivity index (χ3v) is 3.06. The molecule has 0 saturated carbocycles. The topological polar surface area (TPSA) is 53.0 Å². The number of carbonyl (C=O) groups excluding carboxylic acids is 1. The molecule has 0 aliphatic carbocycles. The number of benzene rings is 1. The van der Waals surface area contributed by atoms with Crippen LogP contribution in [0.5, 0.6) is 5.75 Å². The summed E-state index contributed by atoms with van der Waals surface area (Å²) >= 11 is 0. The second kappa shape index (κ2) is 6.04. The van der Waals surface area contributed by atoms with Crippen LogP contribution in [0.3, 0.4) is 0 Å². The Labute approximate surface area is 113 Å². The maximum Gasteiger partial charge on any atom is 0.257 e. The second-order valence-electron chi connectivity index (χ2n) is 5.01. The Morgan fingerprint density at radius 2 is 2.11 bits per heavy atom. The summed E-state index contributed by atoms with van der Waals surface area (Å²) in [6.45, 7) is 2.15. The van der Waals surface area contributed by atoms with E-state index < -0.39 is 0 Å². The SMILES string of the molecule is CN(C)CCOc1ccccc1C(=O)N1CC(O)C1. The van der Waals surface area contributed by atoms with E-state index in [1.54, 1.807) is 17.0 Å². The number of aliphatic hydroxyl groups is 1. The van der Waals surface area contributed by atoms with Gasteiger partial charge in [-0.2, -0.15) is 0 Å². The molecule has 1 saturated heterocycles. The fourth-order valence-electron chi connectivity index (χ4n) is 1.90. The molecular formula is C14H20N2O3. The first-order valence-corrected chi connectivity index (χ1v) is 6.42. The predicted octanol–water partition coefficient (Wildman–Crippen LogP) is 0.444. The first kappa shape index (κ1) is 13.8. The van der Waals surface area contributed by atoms with Gasteiger partial charge in [-0.3, -0.25) is 4.79 Å². The van der Waals surface area contributed by atoms with Crippen molar-refractivity contribution in [2.45, 2.75) is 6.10 Å². The molecule has 2 rings (SSSR count). The molecule has 0 radical (unpaired) electrons. The molecule has 104 valence electrons. The Balaban J connectivity index is 2.01. The summed E-state index contributed by atoms with van der Waals surface area (Å²) in [5.74, 6) is 0.529. The molecule has 1 aliphatic heterocycles. The Morgan fingerprint density at radius 3 is 2.74 bits per heavy atom. The zero-order chi connectivity index (χ0) is 13.8. The van der Waals surface area contributed by atoms with Crippen LogP contribution < -0.4 is 4.74 Å². The van der Waals surface area contributed by atoms with Gasteiger partial charge >= 0.3 is 0 Å². The number of nitrogens with zero attached hydrogens (tertiary/aromatic N) is 2. The molecule has 1 amide bonds. The monoisotopic (exact) mass is 264 g/mol. The molecule has 0 bridgehead atoms. The number of likely N-dealkylation sites (N-methyl/N-ethyl adjacent to an activating group) is 1. The molecule has 1 fully saturated rings. The van der Waals surface area contributed by atoms with Gasteiger partial charge in [-0.05, 0) is 26.2 Å². The smallest absolute Gasteiger partial charge is 0.257 e. The van der Waals surface area contributed by atoms with Gasteiger partial charge in [-0.1, -0.05) is 12.1 Å². The predicted molar refractivity (Wildman–Crippen MR) is 72.4 cm³/mol. The van der Waals surface area contributed by atoms with Crippen LogP contribution in [-0.4, -0.2) is 67.3 Å². The van der Waals surface area contributed by atoms with Gasteiger partial charge in [0.1, 0.15) is 12.4 Å². The zero-order valence-corrected chi connectivity index (χ0v) is 11.4. The maximum atomic E-state index is 12.2. The fourth-order valence-corrected chi connectivity index (χ4v) is 1.90. The van der Waals surface area contributed by atoms with Crippen LogP contribution in [0.2, 0.25) is 0 Å². The highest BCUT2D eigenvalue weighted by molar-refractivity contribution is 5.97. The third kappa shape index (κ3) is 3.45. The molecule has 1 aromatic carbocycles. The molecular weight excluding hydrogens is 244 g/mol. The molecule has 5 heteroatoms. The van der Waals surface area contributed by atoms with Gasteiger partial charge in [0, 0.05) is 19.6 Å². The van der Waals surface area contributed by atoms with E-state index >= 15 is 0 Å². The number of likely N-dealkylation sites (tertiary alicyclic amines) is 1. The number of hydrogen-bond donors (Lipinski definition) is 1. The van der Waals surface area contributed by atoms with Crippen molar-refractivity contribution < 1.29 is 14.6 Å². The van der Waals surface area contributed by atoms with Gasteiger partial charge in [-0.25, -0.2) is 0 Å². The summed E-state index contributed by atoms with van der Waals surface area (Å²) in [6.07, 6.45) is -0.384. The molecule has 0 atom stereocenters. The van der Waals surface area contributed by atoms with Crippen LogP contribution in [0, 0.1) is 0 Å². The van der Waals surface area contributed by atoms with Crippen molar-refractivity contribution in [3.8, 4) is 5.75 Å². The van der Waals surface area contributed by atoms with Crippen molar-refractivity contribution >= 4 is 5.91 Å². The normalized spacial score (nSPS) is 15.5. The lowest BCUT2D eigenvalue weighted by Crippen LogP contribution is -2.53. The fraction of sp³-hybridized carbons (Fsp3) is 0.500. The largest absolute Gasteiger partial charge is 0.491 e. The Hall–Kier alpha value is -1.59. The highest BCUT2D eigenvalue weighted by Gasteiger charge is 2.30. The summed E-state index contributed by atoms with van der Waals surface area (Å²) in [4.78, 5) is 15.9. The van der Waals surface area contributed by atoms with Crippen LogP contribution in [-0.2, 0) is 0 Å². The Morgan fingerprint density at radius 1 is 1.42 bits per heavy atom. The number of hydrogen-bond acceptors (Lipinski definition) is 4. The maximum absolute atomic E-state index is 12.2. The number of aliphatic hydroxyl groups excluding tert-OH is 1. The average molecular weight is 264 g/mol. The summed E-state index contributed by atoms with van der Waals surface area (Å²) in [6, 6.07) is 7.24. The van der Waals surface area contributed by atoms with Crippen LogP contribution in [0.25, 0.3) is 0 Å². The molecule has 1 aromatic rings. The van der Waals surface area contributed by atoms with Gasteiger partial charge < -0.3 is 19.6 Å². The Bertz CT molecular complexity index is 442. The van der Waals surface area contributed by atoms with E-state index in [0.29, 0.717) is 31.0 Å². The molecule has 1 aliphatic rings. The van der Waals surface area contributed by atoms with Gasteiger partial charge in [0.15, 0.2) is 0 Å². The summed E-state index contributed by atoms with van der Waals surface area (Å²) in [5.41, 5.74) is 0.563. The lowest BCUT2D eigenvalue weighted by atomic mass is 10.1. The second-order valence-corrected chi connectivity index (χ2v) is 5.01. The van der Waals surface area contributed by atoms with Gasteiger partial charge in [-0.15, -0.1) is 0 Å². The van der Waals surface area contributed by atoms with Crippen molar-refractivity contribution in [1.82, 2.24) is 9.80 Å². The van der Waals surface area contributed by atoms with E-state index in [-0.39, 0.29) is 12.0 Å². The van der Waals surface area contributed by atoms with E-state index in [4.69, 9.17) is 4.74 Å². The number of carbonyl (C=O) groups is 1. The molecule has 5 nitrogen and oxygen atoms in total. The molecule has 1 heterocycles. The van der Waals surface area contributed by atoms with Gasteiger partial charge in [0.05, 0.1) is 11.7 Å². The number of rotatable bonds is 5. The molecule has 0 spiro atoms. The minimum Gasteiger partial charge on any atom is -0.491 e. The quantitative estimate of drug-likeness (QED) is 0.838.